The van der Waals surface area contributed by atoms with Crippen LogP contribution in [0.2, 0.25) is 0 Å². The van der Waals surface area contributed by atoms with Gasteiger partial charge in [0.1, 0.15) is 6.04 Å². The molecule has 0 spiro atoms. The summed E-state index contributed by atoms with van der Waals surface area (Å²) in [5.74, 6) is -0.0880. The first-order valence-electron chi connectivity index (χ1n) is 5.35. The second-order valence-electron chi connectivity index (χ2n) is 3.90. The summed E-state index contributed by atoms with van der Waals surface area (Å²) in [4.78, 5) is 16.2. The van der Waals surface area contributed by atoms with Gasteiger partial charge in [-0.2, -0.15) is 10.3 Å². The molecule has 1 N–H and O–H groups in total. The highest BCUT2D eigenvalue weighted by atomic mass is 16.7. The van der Waals surface area contributed by atoms with Gasteiger partial charge in [-0.3, -0.25) is 9.63 Å². The van der Waals surface area contributed by atoms with Gasteiger partial charge >= 0.3 is 0 Å². The van der Waals surface area contributed by atoms with Crippen LogP contribution in [0.4, 0.5) is 5.69 Å². The van der Waals surface area contributed by atoms with E-state index in [0.29, 0.717) is 13.2 Å². The third-order valence-corrected chi connectivity index (χ3v) is 2.39. The van der Waals surface area contributed by atoms with Crippen molar-refractivity contribution in [1.82, 2.24) is 5.06 Å². The molecule has 2 atom stereocenters. The van der Waals surface area contributed by atoms with Crippen LogP contribution < -0.4 is 5.32 Å². The number of carbonyl (C=O) groups is 1. The fraction of sp³-hybridized carbons (Fsp3) is 0.333. The summed E-state index contributed by atoms with van der Waals surface area (Å²) in [6.07, 6.45) is 0. The lowest BCUT2D eigenvalue weighted by Crippen LogP contribution is -2.06. The Balaban J connectivity index is 1.82. The summed E-state index contributed by atoms with van der Waals surface area (Å²) < 4.78 is 0. The van der Waals surface area contributed by atoms with Crippen molar-refractivity contribution in [3.8, 4) is 6.07 Å². The van der Waals surface area contributed by atoms with Gasteiger partial charge in [0.25, 0.3) is 0 Å². The molecule has 1 fully saturated rings. The lowest BCUT2D eigenvalue weighted by Gasteiger charge is -2.05. The molecule has 1 aromatic carbocycles. The van der Waals surface area contributed by atoms with E-state index >= 15 is 0 Å². The van der Waals surface area contributed by atoms with E-state index in [9.17, 15) is 4.79 Å². The molecule has 2 rings (SSSR count). The zero-order chi connectivity index (χ0) is 12.3. The highest BCUT2D eigenvalue weighted by Crippen LogP contribution is 2.18. The largest absolute Gasteiger partial charge is 0.326 e. The number of amides is 1. The van der Waals surface area contributed by atoms with Crippen LogP contribution in [-0.4, -0.2) is 23.6 Å². The molecule has 5 nitrogen and oxygen atoms in total. The van der Waals surface area contributed by atoms with E-state index < -0.39 is 0 Å². The van der Waals surface area contributed by atoms with Crippen molar-refractivity contribution in [3.63, 3.8) is 0 Å². The Morgan fingerprint density at radius 3 is 2.82 bits per heavy atom. The minimum absolute atomic E-state index is 0.0880. The summed E-state index contributed by atoms with van der Waals surface area (Å²) in [5.41, 5.74) is 1.77. The third-order valence-electron chi connectivity index (χ3n) is 2.39. The number of anilines is 1. The molecule has 1 aromatic rings. The number of carbonyl (C=O) groups excluding carboxylic acids is 1. The van der Waals surface area contributed by atoms with Crippen LogP contribution in [0, 0.1) is 11.3 Å². The first kappa shape index (κ1) is 11.6. The molecule has 1 saturated heterocycles. The van der Waals surface area contributed by atoms with Crippen molar-refractivity contribution in [1.29, 1.82) is 5.26 Å². The summed E-state index contributed by atoms with van der Waals surface area (Å²) in [5, 5.41) is 12.9. The molecule has 88 valence electrons. The maximum atomic E-state index is 10.8. The Morgan fingerprint density at radius 2 is 2.29 bits per heavy atom. The summed E-state index contributed by atoms with van der Waals surface area (Å²) in [6.45, 7) is 2.60. The van der Waals surface area contributed by atoms with E-state index in [0.717, 1.165) is 11.3 Å². The van der Waals surface area contributed by atoms with Crippen molar-refractivity contribution in [2.24, 2.45) is 0 Å². The van der Waals surface area contributed by atoms with E-state index in [4.69, 9.17) is 10.1 Å². The van der Waals surface area contributed by atoms with Gasteiger partial charge in [-0.1, -0.05) is 12.1 Å². The van der Waals surface area contributed by atoms with Gasteiger partial charge in [0, 0.05) is 12.6 Å². The lowest BCUT2D eigenvalue weighted by molar-refractivity contribution is -0.114. The number of hydrogen-bond acceptors (Lipinski definition) is 4. The molecule has 0 aromatic heterocycles. The quantitative estimate of drug-likeness (QED) is 0.793. The Bertz CT molecular complexity index is 450. The zero-order valence-corrected chi connectivity index (χ0v) is 9.51. The molecule has 0 radical (unpaired) electrons. The molecule has 1 aliphatic rings. The van der Waals surface area contributed by atoms with Crippen LogP contribution in [0.3, 0.4) is 0 Å². The van der Waals surface area contributed by atoms with Crippen LogP contribution in [0.15, 0.2) is 24.3 Å². The van der Waals surface area contributed by atoms with Gasteiger partial charge in [0.2, 0.25) is 5.91 Å². The summed E-state index contributed by atoms with van der Waals surface area (Å²) in [6, 6.07) is 9.44. The first-order chi connectivity index (χ1) is 8.19. The fourth-order valence-corrected chi connectivity index (χ4v) is 1.42. The third kappa shape index (κ3) is 3.28. The average Bonchev–Trinajstić information content (AvgIpc) is 3.06. The smallest absolute Gasteiger partial charge is 0.221 e. The number of benzene rings is 1. The number of hydrogen-bond donors (Lipinski definition) is 1. The van der Waals surface area contributed by atoms with Gasteiger partial charge in [-0.25, -0.2) is 0 Å². The van der Waals surface area contributed by atoms with Crippen LogP contribution in [0.25, 0.3) is 0 Å². The molecule has 2 unspecified atom stereocenters. The maximum Gasteiger partial charge on any atom is 0.221 e. The van der Waals surface area contributed by atoms with E-state index in [-0.39, 0.29) is 11.9 Å². The van der Waals surface area contributed by atoms with Crippen LogP contribution >= 0.6 is 0 Å². The monoisotopic (exact) mass is 231 g/mol. The number of rotatable bonds is 4. The molecule has 1 amide bonds. The van der Waals surface area contributed by atoms with E-state index in [1.165, 1.54) is 6.92 Å². The molecule has 0 aliphatic carbocycles. The van der Waals surface area contributed by atoms with Gasteiger partial charge in [0.05, 0.1) is 19.2 Å². The van der Waals surface area contributed by atoms with Crippen molar-refractivity contribution in [2.75, 3.05) is 11.9 Å². The van der Waals surface area contributed by atoms with Crippen molar-refractivity contribution in [3.05, 3.63) is 29.8 Å². The van der Waals surface area contributed by atoms with Crippen LogP contribution in [0.5, 0.6) is 0 Å². The minimum Gasteiger partial charge on any atom is -0.326 e. The topological polar surface area (TPSA) is 65.1 Å². The van der Waals surface area contributed by atoms with Crippen molar-refractivity contribution in [2.45, 2.75) is 19.6 Å². The molecular formula is C12H13N3O2. The Morgan fingerprint density at radius 1 is 1.59 bits per heavy atom. The molecule has 5 heteroatoms. The standard InChI is InChI=1S/C12H13N3O2/c1-9(16)14-11-4-2-10(3-5-11)8-17-15-7-12(15)6-13/h2-5,12H,7-8H2,1H3,(H,14,16). The predicted molar refractivity (Wildman–Crippen MR) is 61.6 cm³/mol. The second kappa shape index (κ2) is 4.95. The zero-order valence-electron chi connectivity index (χ0n) is 9.51. The van der Waals surface area contributed by atoms with E-state index in [1.807, 2.05) is 24.3 Å². The molecular weight excluding hydrogens is 218 g/mol. The van der Waals surface area contributed by atoms with Gasteiger partial charge in [0.15, 0.2) is 0 Å². The molecule has 1 aliphatic heterocycles. The fourth-order valence-electron chi connectivity index (χ4n) is 1.42. The summed E-state index contributed by atoms with van der Waals surface area (Å²) in [7, 11) is 0. The Kier molecular flexibility index (Phi) is 3.38. The predicted octanol–water partition coefficient (Wildman–Crippen LogP) is 1.28. The number of nitrogens with zero attached hydrogens (tertiary/aromatic N) is 2. The highest BCUT2D eigenvalue weighted by molar-refractivity contribution is 5.88. The van der Waals surface area contributed by atoms with Crippen molar-refractivity contribution >= 4 is 11.6 Å². The normalized spacial score (nSPS) is 21.6. The number of nitriles is 1. The van der Waals surface area contributed by atoms with Crippen molar-refractivity contribution < 1.29 is 9.63 Å². The molecule has 1 heterocycles. The van der Waals surface area contributed by atoms with Crippen LogP contribution in [0.1, 0.15) is 12.5 Å². The number of nitrogens with one attached hydrogen (secondary N) is 1. The van der Waals surface area contributed by atoms with E-state index in [1.54, 1.807) is 5.06 Å². The second-order valence-corrected chi connectivity index (χ2v) is 3.90. The minimum atomic E-state index is -0.0892. The average molecular weight is 231 g/mol. The first-order valence-corrected chi connectivity index (χ1v) is 5.35. The number of hydroxylamine groups is 2. The lowest BCUT2D eigenvalue weighted by atomic mass is 10.2. The Labute approximate surface area is 99.5 Å². The Hall–Kier alpha value is -1.90. The molecule has 0 bridgehead atoms. The maximum absolute atomic E-state index is 10.8. The molecule has 0 saturated carbocycles. The summed E-state index contributed by atoms with van der Waals surface area (Å²) >= 11 is 0. The van der Waals surface area contributed by atoms with Gasteiger partial charge in [-0.15, -0.1) is 0 Å². The SMILES string of the molecule is CC(=O)Nc1ccc(CON2CC2C#N)cc1. The van der Waals surface area contributed by atoms with Crippen LogP contribution in [-0.2, 0) is 16.2 Å². The van der Waals surface area contributed by atoms with E-state index in [2.05, 4.69) is 11.4 Å². The molecule has 17 heavy (non-hydrogen) atoms. The highest BCUT2D eigenvalue weighted by Gasteiger charge is 2.35. The van der Waals surface area contributed by atoms with Gasteiger partial charge in [-0.05, 0) is 17.7 Å². The van der Waals surface area contributed by atoms with Gasteiger partial charge < -0.3 is 5.32 Å².